The van der Waals surface area contributed by atoms with E-state index in [1.807, 2.05) is 14.5 Å². The topological polar surface area (TPSA) is 109 Å². The zero-order valence-corrected chi connectivity index (χ0v) is 22.8. The SMILES string of the molecule is O=C(N1CC2(CC(n3cnc(C4(O)CC4)n3)C2)C1)N1CC2(CC[C@H](Cc3ccc(S(=O)(=O)C(F)(F)F)cc3)C2)C1. The summed E-state index contributed by atoms with van der Waals surface area (Å²) < 4.78 is 63.4. The van der Waals surface area contributed by atoms with Crippen LogP contribution >= 0.6 is 0 Å². The second-order valence-corrected chi connectivity index (χ2v) is 15.0. The Balaban J connectivity index is 0.862. The van der Waals surface area contributed by atoms with Gasteiger partial charge in [0.15, 0.2) is 5.82 Å². The average molecular weight is 580 g/mol. The van der Waals surface area contributed by atoms with Crippen LogP contribution in [-0.2, 0) is 21.9 Å². The molecule has 2 aromatic rings. The number of amides is 2. The lowest BCUT2D eigenvalue weighted by atomic mass is 9.60. The summed E-state index contributed by atoms with van der Waals surface area (Å²) >= 11 is 0. The van der Waals surface area contributed by atoms with Gasteiger partial charge in [-0.05, 0) is 75.0 Å². The summed E-state index contributed by atoms with van der Waals surface area (Å²) in [5, 5.41) is 14.7. The van der Waals surface area contributed by atoms with Crippen LogP contribution in [0.5, 0.6) is 0 Å². The van der Waals surface area contributed by atoms with Crippen LogP contribution in [0.15, 0.2) is 35.5 Å². The molecule has 9 nitrogen and oxygen atoms in total. The van der Waals surface area contributed by atoms with Crippen LogP contribution in [-0.4, -0.2) is 75.8 Å². The standard InChI is InChI=1S/C27H32F3N5O4S/c28-27(29,30)40(38,39)21-3-1-18(2-4-21)9-19-5-6-24(10-19)13-33(14-24)23(36)34-15-25(16-34)11-20(12-25)35-17-31-22(32-35)26(37)7-8-26/h1-4,17,19-20,37H,5-16H2/t19-/m1/s1. The molecule has 3 saturated carbocycles. The average Bonchev–Trinajstić information content (AvgIpc) is 3.22. The van der Waals surface area contributed by atoms with Crippen molar-refractivity contribution in [2.24, 2.45) is 16.7 Å². The van der Waals surface area contributed by atoms with Crippen molar-refractivity contribution in [1.29, 1.82) is 0 Å². The van der Waals surface area contributed by atoms with E-state index in [1.165, 1.54) is 12.1 Å². The highest BCUT2D eigenvalue weighted by atomic mass is 32.2. The van der Waals surface area contributed by atoms with E-state index >= 15 is 0 Å². The second kappa shape index (κ2) is 8.43. The molecule has 3 aliphatic carbocycles. The number of nitrogens with zero attached hydrogens (tertiary/aromatic N) is 5. The molecule has 5 aliphatic rings. The molecular formula is C27H32F3N5O4S. The fourth-order valence-corrected chi connectivity index (χ4v) is 8.21. The first-order valence-electron chi connectivity index (χ1n) is 13.9. The molecule has 0 unspecified atom stereocenters. The van der Waals surface area contributed by atoms with Crippen LogP contribution in [0.2, 0.25) is 0 Å². The first kappa shape index (κ1) is 26.2. The number of likely N-dealkylation sites (tertiary alicyclic amines) is 2. The zero-order chi connectivity index (χ0) is 28.1. The van der Waals surface area contributed by atoms with Gasteiger partial charge in [-0.3, -0.25) is 0 Å². The van der Waals surface area contributed by atoms with Gasteiger partial charge in [-0.2, -0.15) is 18.3 Å². The van der Waals surface area contributed by atoms with Gasteiger partial charge >= 0.3 is 11.5 Å². The lowest BCUT2D eigenvalue weighted by Gasteiger charge is -2.60. The highest BCUT2D eigenvalue weighted by molar-refractivity contribution is 7.92. The molecule has 1 aromatic carbocycles. The van der Waals surface area contributed by atoms with Crippen molar-refractivity contribution in [2.45, 2.75) is 73.4 Å². The number of hydrogen-bond acceptors (Lipinski definition) is 6. The Morgan fingerprint density at radius 3 is 2.20 bits per heavy atom. The normalized spacial score (nSPS) is 26.4. The van der Waals surface area contributed by atoms with Gasteiger partial charge in [0.1, 0.15) is 11.9 Å². The number of aromatic nitrogens is 3. The molecule has 13 heteroatoms. The molecule has 1 aromatic heterocycles. The molecule has 2 amide bonds. The predicted octanol–water partition coefficient (Wildman–Crippen LogP) is 3.65. The third-order valence-corrected chi connectivity index (χ3v) is 11.4. The number of alkyl halides is 3. The second-order valence-electron chi connectivity index (χ2n) is 13.0. The molecule has 0 bridgehead atoms. The van der Waals surface area contributed by atoms with E-state index in [9.17, 15) is 31.5 Å². The Morgan fingerprint density at radius 1 is 0.975 bits per heavy atom. The van der Waals surface area contributed by atoms with E-state index in [0.717, 1.165) is 88.8 Å². The third kappa shape index (κ3) is 4.22. The molecule has 3 heterocycles. The highest BCUT2D eigenvalue weighted by Gasteiger charge is 2.58. The van der Waals surface area contributed by atoms with Crippen LogP contribution in [0.3, 0.4) is 0 Å². The number of urea groups is 1. The van der Waals surface area contributed by atoms with Crippen LogP contribution < -0.4 is 0 Å². The molecule has 40 heavy (non-hydrogen) atoms. The van der Waals surface area contributed by atoms with Gasteiger partial charge in [-0.25, -0.2) is 22.9 Å². The Morgan fingerprint density at radius 2 is 1.60 bits per heavy atom. The molecule has 2 saturated heterocycles. The predicted molar refractivity (Wildman–Crippen MR) is 136 cm³/mol. The van der Waals surface area contributed by atoms with Gasteiger partial charge in [-0.1, -0.05) is 12.1 Å². The lowest BCUT2D eigenvalue weighted by molar-refractivity contribution is -0.0849. The third-order valence-electron chi connectivity index (χ3n) is 9.87. The molecule has 0 radical (unpaired) electrons. The van der Waals surface area contributed by atoms with Crippen molar-refractivity contribution in [3.63, 3.8) is 0 Å². The number of rotatable bonds is 5. The van der Waals surface area contributed by atoms with Crippen molar-refractivity contribution in [3.8, 4) is 0 Å². The lowest BCUT2D eigenvalue weighted by Crippen LogP contribution is -2.69. The van der Waals surface area contributed by atoms with Gasteiger partial charge < -0.3 is 14.9 Å². The number of halogens is 3. The van der Waals surface area contributed by atoms with E-state index in [-0.39, 0.29) is 22.9 Å². The summed E-state index contributed by atoms with van der Waals surface area (Å²) in [6.45, 7) is 3.00. The van der Waals surface area contributed by atoms with Gasteiger partial charge in [-0.15, -0.1) is 0 Å². The summed E-state index contributed by atoms with van der Waals surface area (Å²) in [6, 6.07) is 5.40. The fraction of sp³-hybridized carbons (Fsp3) is 0.667. The summed E-state index contributed by atoms with van der Waals surface area (Å²) in [5.74, 6) is 0.883. The molecule has 2 spiro atoms. The highest BCUT2D eigenvalue weighted by Crippen LogP contribution is 2.55. The number of sulfone groups is 1. The molecule has 216 valence electrons. The number of aliphatic hydroxyl groups is 1. The first-order chi connectivity index (χ1) is 18.8. The van der Waals surface area contributed by atoms with Crippen molar-refractivity contribution in [1.82, 2.24) is 24.6 Å². The largest absolute Gasteiger partial charge is 0.501 e. The minimum absolute atomic E-state index is 0.101. The quantitative estimate of drug-likeness (QED) is 0.580. The van der Waals surface area contributed by atoms with E-state index in [1.54, 1.807) is 6.33 Å². The van der Waals surface area contributed by atoms with E-state index in [2.05, 4.69) is 10.1 Å². The summed E-state index contributed by atoms with van der Waals surface area (Å²) in [4.78, 5) is 20.5. The van der Waals surface area contributed by atoms with Crippen LogP contribution in [0.4, 0.5) is 18.0 Å². The number of carbonyl (C=O) groups excluding carboxylic acids is 1. The van der Waals surface area contributed by atoms with E-state index in [0.29, 0.717) is 18.2 Å². The first-order valence-corrected chi connectivity index (χ1v) is 15.4. The minimum Gasteiger partial charge on any atom is -0.382 e. The Labute approximate surface area is 230 Å². The Hall–Kier alpha value is -2.67. The summed E-state index contributed by atoms with van der Waals surface area (Å²) in [6.07, 6.45) is 8.73. The molecule has 1 N–H and O–H groups in total. The molecule has 5 fully saturated rings. The van der Waals surface area contributed by atoms with Gasteiger partial charge in [0.2, 0.25) is 0 Å². The smallest absolute Gasteiger partial charge is 0.382 e. The maximum Gasteiger partial charge on any atom is 0.501 e. The molecule has 2 aliphatic heterocycles. The maximum absolute atomic E-state index is 13.1. The van der Waals surface area contributed by atoms with Crippen LogP contribution in [0.25, 0.3) is 0 Å². The number of carbonyl (C=O) groups is 1. The van der Waals surface area contributed by atoms with Crippen molar-refractivity contribution >= 4 is 15.9 Å². The number of benzene rings is 1. The van der Waals surface area contributed by atoms with Crippen LogP contribution in [0, 0.1) is 16.7 Å². The Kier molecular flexibility index (Phi) is 5.53. The molecule has 1 atom stereocenters. The molecule has 7 rings (SSSR count). The maximum atomic E-state index is 13.1. The fourth-order valence-electron chi connectivity index (χ4n) is 7.45. The van der Waals surface area contributed by atoms with Gasteiger partial charge in [0.05, 0.1) is 10.9 Å². The summed E-state index contributed by atoms with van der Waals surface area (Å²) in [5.41, 5.74) is -5.03. The monoisotopic (exact) mass is 579 g/mol. The van der Waals surface area contributed by atoms with Crippen molar-refractivity contribution in [2.75, 3.05) is 26.2 Å². The molecular weight excluding hydrogens is 547 g/mol. The van der Waals surface area contributed by atoms with Gasteiger partial charge in [0.25, 0.3) is 9.84 Å². The van der Waals surface area contributed by atoms with Gasteiger partial charge in [0, 0.05) is 37.0 Å². The van der Waals surface area contributed by atoms with Crippen LogP contribution in [0.1, 0.15) is 62.4 Å². The Bertz CT molecular complexity index is 1430. The van der Waals surface area contributed by atoms with Crippen molar-refractivity contribution < 1.29 is 31.5 Å². The van der Waals surface area contributed by atoms with E-state index in [4.69, 9.17) is 0 Å². The van der Waals surface area contributed by atoms with Crippen molar-refractivity contribution in [3.05, 3.63) is 42.0 Å². The number of hydrogen-bond donors (Lipinski definition) is 1. The van der Waals surface area contributed by atoms with E-state index < -0.39 is 25.8 Å². The minimum atomic E-state index is -5.33. The summed E-state index contributed by atoms with van der Waals surface area (Å²) in [7, 11) is -5.33. The zero-order valence-electron chi connectivity index (χ0n) is 22.0.